The Morgan fingerprint density at radius 1 is 1.11 bits per heavy atom. The third kappa shape index (κ3) is 4.43. The Kier molecular flexibility index (Phi) is 6.05. The lowest BCUT2D eigenvalue weighted by molar-refractivity contribution is -0.129. The second-order valence-electron chi connectivity index (χ2n) is 7.90. The molecule has 0 unspecified atom stereocenters. The molecule has 1 aromatic carbocycles. The zero-order valence-electron chi connectivity index (χ0n) is 16.8. The first-order valence-electron chi connectivity index (χ1n) is 9.51. The van der Waals surface area contributed by atoms with Gasteiger partial charge in [-0.1, -0.05) is 57.7 Å². The lowest BCUT2D eigenvalue weighted by atomic mass is 10.1. The van der Waals surface area contributed by atoms with Crippen molar-refractivity contribution in [2.24, 2.45) is 11.8 Å². The van der Waals surface area contributed by atoms with E-state index in [-0.39, 0.29) is 5.91 Å². The van der Waals surface area contributed by atoms with E-state index in [0.29, 0.717) is 17.6 Å². The molecule has 3 aromatic rings. The van der Waals surface area contributed by atoms with Gasteiger partial charge in [-0.25, -0.2) is 0 Å². The fourth-order valence-electron chi connectivity index (χ4n) is 3.35. The standard InChI is InChI=1S/C21H28N4OS/c1-14(2)11-24(12-15(3)4)20(26)13-27-21-23-22-19-10-16(5)17-8-6-7-9-18(17)25(19)21/h6-10,14-15H,11-13H2,1-5H3. The summed E-state index contributed by atoms with van der Waals surface area (Å²) < 4.78 is 2.05. The number of fused-ring (bicyclic) bond motifs is 3. The second-order valence-corrected chi connectivity index (χ2v) is 8.84. The number of benzene rings is 1. The summed E-state index contributed by atoms with van der Waals surface area (Å²) in [5, 5.41) is 10.6. The number of thioether (sulfide) groups is 1. The van der Waals surface area contributed by atoms with E-state index in [1.807, 2.05) is 23.1 Å². The summed E-state index contributed by atoms with van der Waals surface area (Å²) in [6, 6.07) is 10.3. The largest absolute Gasteiger partial charge is 0.341 e. The number of carbonyl (C=O) groups is 1. The van der Waals surface area contributed by atoms with Gasteiger partial charge in [0.15, 0.2) is 10.8 Å². The highest BCUT2D eigenvalue weighted by molar-refractivity contribution is 7.99. The minimum Gasteiger partial charge on any atom is -0.341 e. The van der Waals surface area contributed by atoms with Gasteiger partial charge in [-0.3, -0.25) is 9.20 Å². The average Bonchev–Trinajstić information content (AvgIpc) is 3.01. The SMILES string of the molecule is Cc1cc2nnc(SCC(=O)N(CC(C)C)CC(C)C)n2c2ccccc12. The Morgan fingerprint density at radius 3 is 2.44 bits per heavy atom. The lowest BCUT2D eigenvalue weighted by Crippen LogP contribution is -2.38. The molecule has 5 nitrogen and oxygen atoms in total. The first-order valence-corrected chi connectivity index (χ1v) is 10.5. The molecule has 2 heterocycles. The van der Waals surface area contributed by atoms with Crippen LogP contribution in [0.5, 0.6) is 0 Å². The maximum absolute atomic E-state index is 12.8. The van der Waals surface area contributed by atoms with Crippen LogP contribution in [0.2, 0.25) is 0 Å². The lowest BCUT2D eigenvalue weighted by Gasteiger charge is -2.26. The molecule has 2 aromatic heterocycles. The summed E-state index contributed by atoms with van der Waals surface area (Å²) in [6.07, 6.45) is 0. The summed E-state index contributed by atoms with van der Waals surface area (Å²) in [6.45, 7) is 12.3. The van der Waals surface area contributed by atoms with Crippen molar-refractivity contribution in [2.45, 2.75) is 39.8 Å². The summed E-state index contributed by atoms with van der Waals surface area (Å²) in [5.74, 6) is 1.45. The van der Waals surface area contributed by atoms with Crippen LogP contribution in [0.15, 0.2) is 35.5 Å². The minimum atomic E-state index is 0.163. The Labute approximate surface area is 165 Å². The molecule has 27 heavy (non-hydrogen) atoms. The molecule has 1 amide bonds. The highest BCUT2D eigenvalue weighted by Crippen LogP contribution is 2.26. The number of nitrogens with zero attached hydrogens (tertiary/aromatic N) is 4. The van der Waals surface area contributed by atoms with Gasteiger partial charge in [0.25, 0.3) is 0 Å². The summed E-state index contributed by atoms with van der Waals surface area (Å²) >= 11 is 1.47. The van der Waals surface area contributed by atoms with Crippen molar-refractivity contribution in [3.63, 3.8) is 0 Å². The van der Waals surface area contributed by atoms with Crippen molar-refractivity contribution in [2.75, 3.05) is 18.8 Å². The monoisotopic (exact) mass is 384 g/mol. The zero-order chi connectivity index (χ0) is 19.6. The smallest absolute Gasteiger partial charge is 0.233 e. The van der Waals surface area contributed by atoms with Crippen LogP contribution in [0, 0.1) is 18.8 Å². The molecule has 144 valence electrons. The molecule has 6 heteroatoms. The molecule has 0 aliphatic carbocycles. The third-order valence-corrected chi connectivity index (χ3v) is 5.34. The minimum absolute atomic E-state index is 0.163. The Balaban J connectivity index is 1.84. The van der Waals surface area contributed by atoms with Gasteiger partial charge in [-0.15, -0.1) is 10.2 Å². The van der Waals surface area contributed by atoms with Crippen LogP contribution in [0.3, 0.4) is 0 Å². The average molecular weight is 385 g/mol. The van der Waals surface area contributed by atoms with Crippen LogP contribution in [0.4, 0.5) is 0 Å². The van der Waals surface area contributed by atoms with Gasteiger partial charge < -0.3 is 4.90 Å². The van der Waals surface area contributed by atoms with Gasteiger partial charge in [0.05, 0.1) is 11.3 Å². The van der Waals surface area contributed by atoms with Crippen LogP contribution >= 0.6 is 11.8 Å². The van der Waals surface area contributed by atoms with E-state index in [2.05, 4.69) is 61.3 Å². The number of aryl methyl sites for hydroxylation is 1. The fraction of sp³-hybridized carbons (Fsp3) is 0.476. The van der Waals surface area contributed by atoms with Gasteiger partial charge >= 0.3 is 0 Å². The number of pyridine rings is 1. The van der Waals surface area contributed by atoms with Crippen molar-refractivity contribution in [3.05, 3.63) is 35.9 Å². The van der Waals surface area contributed by atoms with Crippen molar-refractivity contribution in [3.8, 4) is 0 Å². The summed E-state index contributed by atoms with van der Waals surface area (Å²) in [4.78, 5) is 14.8. The molecule has 0 N–H and O–H groups in total. The van der Waals surface area contributed by atoms with E-state index >= 15 is 0 Å². The van der Waals surface area contributed by atoms with Gasteiger partial charge in [0.2, 0.25) is 5.91 Å². The van der Waals surface area contributed by atoms with Crippen molar-refractivity contribution < 1.29 is 4.79 Å². The molecular formula is C21H28N4OS. The van der Waals surface area contributed by atoms with E-state index < -0.39 is 0 Å². The predicted molar refractivity (Wildman–Crippen MR) is 112 cm³/mol. The van der Waals surface area contributed by atoms with Crippen molar-refractivity contribution in [1.82, 2.24) is 19.5 Å². The molecule has 0 radical (unpaired) electrons. The number of hydrogen-bond donors (Lipinski definition) is 0. The quantitative estimate of drug-likeness (QED) is 0.566. The topological polar surface area (TPSA) is 50.5 Å². The van der Waals surface area contributed by atoms with Crippen LogP contribution in [0.1, 0.15) is 33.3 Å². The summed E-state index contributed by atoms with van der Waals surface area (Å²) in [5.41, 5.74) is 3.08. The first kappa shape index (κ1) is 19.7. The Bertz CT molecular complexity index is 938. The maximum atomic E-state index is 12.8. The maximum Gasteiger partial charge on any atom is 0.233 e. The highest BCUT2D eigenvalue weighted by atomic mass is 32.2. The molecule has 0 saturated carbocycles. The van der Waals surface area contributed by atoms with E-state index in [1.165, 1.54) is 22.7 Å². The van der Waals surface area contributed by atoms with Crippen LogP contribution in [0.25, 0.3) is 16.6 Å². The molecule has 0 fully saturated rings. The van der Waals surface area contributed by atoms with Crippen LogP contribution in [-0.2, 0) is 4.79 Å². The van der Waals surface area contributed by atoms with Crippen molar-refractivity contribution >= 4 is 34.2 Å². The Morgan fingerprint density at radius 2 is 1.78 bits per heavy atom. The van der Waals surface area contributed by atoms with Gasteiger partial charge in [0.1, 0.15) is 0 Å². The Hall–Kier alpha value is -2.08. The number of amides is 1. The normalized spacial score (nSPS) is 11.8. The van der Waals surface area contributed by atoms with E-state index in [9.17, 15) is 4.79 Å². The highest BCUT2D eigenvalue weighted by Gasteiger charge is 2.18. The molecule has 3 rings (SSSR count). The number of hydrogen-bond acceptors (Lipinski definition) is 4. The van der Waals surface area contributed by atoms with E-state index in [0.717, 1.165) is 29.4 Å². The zero-order valence-corrected chi connectivity index (χ0v) is 17.6. The van der Waals surface area contributed by atoms with Gasteiger partial charge in [0, 0.05) is 18.5 Å². The van der Waals surface area contributed by atoms with Gasteiger partial charge in [-0.2, -0.15) is 0 Å². The predicted octanol–water partition coefficient (Wildman–Crippen LogP) is 4.42. The second kappa shape index (κ2) is 8.30. The van der Waals surface area contributed by atoms with Crippen LogP contribution in [-0.4, -0.2) is 44.2 Å². The summed E-state index contributed by atoms with van der Waals surface area (Å²) in [7, 11) is 0. The van der Waals surface area contributed by atoms with E-state index in [4.69, 9.17) is 0 Å². The molecule has 0 spiro atoms. The number of rotatable bonds is 7. The molecule has 0 aliphatic rings. The first-order chi connectivity index (χ1) is 12.9. The number of carbonyl (C=O) groups excluding carboxylic acids is 1. The van der Waals surface area contributed by atoms with Crippen LogP contribution < -0.4 is 0 Å². The molecule has 0 bridgehead atoms. The molecule has 0 saturated heterocycles. The molecule has 0 atom stereocenters. The van der Waals surface area contributed by atoms with E-state index in [1.54, 1.807) is 0 Å². The molecular weight excluding hydrogens is 356 g/mol. The third-order valence-electron chi connectivity index (χ3n) is 4.42. The van der Waals surface area contributed by atoms with Crippen molar-refractivity contribution in [1.29, 1.82) is 0 Å². The molecule has 0 aliphatic heterocycles. The number of para-hydroxylation sites is 1. The van der Waals surface area contributed by atoms with Gasteiger partial charge in [-0.05, 0) is 36.5 Å². The fourth-order valence-corrected chi connectivity index (χ4v) is 4.20. The number of aromatic nitrogens is 3.